The van der Waals surface area contributed by atoms with E-state index in [1.165, 1.54) is 11.3 Å². The van der Waals surface area contributed by atoms with Crippen LogP contribution in [0.2, 0.25) is 0 Å². The third-order valence-corrected chi connectivity index (χ3v) is 6.22. The number of nitrogens with zero attached hydrogens (tertiary/aromatic N) is 2. The lowest BCUT2D eigenvalue weighted by atomic mass is 10.3. The fourth-order valence-corrected chi connectivity index (χ4v) is 4.64. The van der Waals surface area contributed by atoms with Crippen molar-refractivity contribution in [1.29, 1.82) is 0 Å². The van der Waals surface area contributed by atoms with Crippen molar-refractivity contribution in [1.82, 2.24) is 19.6 Å². The van der Waals surface area contributed by atoms with Gasteiger partial charge in [-0.25, -0.2) is 18.1 Å². The Balaban J connectivity index is 1.90. The molecule has 2 N–H and O–H groups in total. The molecule has 0 atom stereocenters. The first kappa shape index (κ1) is 16.2. The summed E-state index contributed by atoms with van der Waals surface area (Å²) >= 11 is 1.32. The van der Waals surface area contributed by atoms with Crippen LogP contribution in [0.1, 0.15) is 16.9 Å². The van der Waals surface area contributed by atoms with Crippen molar-refractivity contribution in [3.05, 3.63) is 35.2 Å². The average molecular weight is 328 g/mol. The molecule has 6 nitrogen and oxygen atoms in total. The van der Waals surface area contributed by atoms with Gasteiger partial charge in [-0.2, -0.15) is 0 Å². The SMILES string of the molecule is CNCc1sc(S(=O)(=O)NCCCn2ccnc2)cc1C. The second-order valence-corrected chi connectivity index (χ2v) is 7.88. The molecule has 0 saturated heterocycles. The summed E-state index contributed by atoms with van der Waals surface area (Å²) in [6.07, 6.45) is 6.02. The van der Waals surface area contributed by atoms with E-state index >= 15 is 0 Å². The molecule has 0 radical (unpaired) electrons. The Morgan fingerprint density at radius 1 is 1.43 bits per heavy atom. The lowest BCUT2D eigenvalue weighted by Gasteiger charge is -2.05. The highest BCUT2D eigenvalue weighted by molar-refractivity contribution is 7.91. The largest absolute Gasteiger partial charge is 0.337 e. The third kappa shape index (κ3) is 4.37. The van der Waals surface area contributed by atoms with Gasteiger partial charge in [0.1, 0.15) is 4.21 Å². The van der Waals surface area contributed by atoms with Gasteiger partial charge in [-0.3, -0.25) is 0 Å². The van der Waals surface area contributed by atoms with E-state index in [2.05, 4.69) is 15.0 Å². The second-order valence-electron chi connectivity index (χ2n) is 4.75. The lowest BCUT2D eigenvalue weighted by molar-refractivity contribution is 0.571. The zero-order valence-corrected chi connectivity index (χ0v) is 13.8. The predicted octanol–water partition coefficient (Wildman–Crippen LogP) is 1.34. The Hall–Kier alpha value is -1.22. The monoisotopic (exact) mass is 328 g/mol. The van der Waals surface area contributed by atoms with Crippen molar-refractivity contribution < 1.29 is 8.42 Å². The summed E-state index contributed by atoms with van der Waals surface area (Å²) < 4.78 is 29.4. The molecule has 2 rings (SSSR count). The van der Waals surface area contributed by atoms with Crippen LogP contribution in [0.25, 0.3) is 0 Å². The smallest absolute Gasteiger partial charge is 0.250 e. The summed E-state index contributed by atoms with van der Waals surface area (Å²) in [5.41, 5.74) is 1.01. The molecule has 0 aliphatic heterocycles. The molecule has 2 aromatic heterocycles. The van der Waals surface area contributed by atoms with Crippen LogP contribution in [-0.2, 0) is 23.1 Å². The third-order valence-electron chi connectivity index (χ3n) is 3.04. The van der Waals surface area contributed by atoms with Crippen LogP contribution in [0.3, 0.4) is 0 Å². The Kier molecular flexibility index (Phi) is 5.51. The summed E-state index contributed by atoms with van der Waals surface area (Å²) in [5.74, 6) is 0. The van der Waals surface area contributed by atoms with Crippen LogP contribution in [0.4, 0.5) is 0 Å². The lowest BCUT2D eigenvalue weighted by Crippen LogP contribution is -2.24. The summed E-state index contributed by atoms with van der Waals surface area (Å²) in [6.45, 7) is 3.78. The minimum absolute atomic E-state index is 0.382. The minimum atomic E-state index is -3.41. The molecule has 2 heterocycles. The van der Waals surface area contributed by atoms with Gasteiger partial charge in [-0.1, -0.05) is 0 Å². The van der Waals surface area contributed by atoms with Gasteiger partial charge in [0.25, 0.3) is 0 Å². The zero-order valence-electron chi connectivity index (χ0n) is 12.2. The minimum Gasteiger partial charge on any atom is -0.337 e. The topological polar surface area (TPSA) is 76.0 Å². The van der Waals surface area contributed by atoms with Crippen molar-refractivity contribution in [2.24, 2.45) is 0 Å². The van der Waals surface area contributed by atoms with E-state index in [1.807, 2.05) is 24.7 Å². The van der Waals surface area contributed by atoms with E-state index in [0.717, 1.165) is 23.4 Å². The molecule has 0 aliphatic carbocycles. The van der Waals surface area contributed by atoms with Gasteiger partial charge in [0.05, 0.1) is 6.33 Å². The molecule has 8 heteroatoms. The Morgan fingerprint density at radius 2 is 2.24 bits per heavy atom. The van der Waals surface area contributed by atoms with Crippen molar-refractivity contribution >= 4 is 21.4 Å². The highest BCUT2D eigenvalue weighted by Gasteiger charge is 2.18. The van der Waals surface area contributed by atoms with Crippen LogP contribution < -0.4 is 10.0 Å². The van der Waals surface area contributed by atoms with Crippen LogP contribution in [-0.4, -0.2) is 31.6 Å². The first-order chi connectivity index (χ1) is 10.0. The molecule has 0 bridgehead atoms. The maximum Gasteiger partial charge on any atom is 0.250 e. The van der Waals surface area contributed by atoms with Gasteiger partial charge in [-0.05, 0) is 32.0 Å². The molecule has 116 valence electrons. The van der Waals surface area contributed by atoms with Crippen LogP contribution in [0, 0.1) is 6.92 Å². The molecular formula is C13H20N4O2S2. The molecule has 0 aliphatic rings. The van der Waals surface area contributed by atoms with Crippen molar-refractivity contribution in [2.45, 2.75) is 30.6 Å². The Morgan fingerprint density at radius 3 is 2.90 bits per heavy atom. The Bertz CT molecular complexity index is 662. The van der Waals surface area contributed by atoms with Crippen LogP contribution in [0.15, 0.2) is 29.0 Å². The molecule has 0 amide bonds. The maximum atomic E-state index is 12.2. The van der Waals surface area contributed by atoms with Crippen molar-refractivity contribution in [2.75, 3.05) is 13.6 Å². The molecule has 0 aromatic carbocycles. The zero-order chi connectivity index (χ0) is 15.3. The molecule has 0 spiro atoms. The van der Waals surface area contributed by atoms with E-state index in [9.17, 15) is 8.42 Å². The number of hydrogen-bond acceptors (Lipinski definition) is 5. The normalized spacial score (nSPS) is 11.9. The molecule has 2 aromatic rings. The Labute approximate surface area is 129 Å². The fourth-order valence-electron chi connectivity index (χ4n) is 1.92. The van der Waals surface area contributed by atoms with Gasteiger partial charge in [-0.15, -0.1) is 11.3 Å². The molecule has 0 unspecified atom stereocenters. The van der Waals surface area contributed by atoms with Crippen molar-refractivity contribution in [3.8, 4) is 0 Å². The first-order valence-corrected chi connectivity index (χ1v) is 9.02. The van der Waals surface area contributed by atoms with Gasteiger partial charge in [0, 0.05) is 36.9 Å². The highest BCUT2D eigenvalue weighted by atomic mass is 32.2. The molecule has 21 heavy (non-hydrogen) atoms. The summed E-state index contributed by atoms with van der Waals surface area (Å²) in [7, 11) is -1.56. The number of rotatable bonds is 8. The number of nitrogens with one attached hydrogen (secondary N) is 2. The molecule has 0 saturated carbocycles. The second kappa shape index (κ2) is 7.17. The highest BCUT2D eigenvalue weighted by Crippen LogP contribution is 2.25. The quantitative estimate of drug-likeness (QED) is 0.717. The van der Waals surface area contributed by atoms with Gasteiger partial charge in [0.2, 0.25) is 10.0 Å². The summed E-state index contributed by atoms with van der Waals surface area (Å²) in [6, 6.07) is 1.73. The number of hydrogen-bond donors (Lipinski definition) is 2. The molecule has 0 fully saturated rings. The number of sulfonamides is 1. The van der Waals surface area contributed by atoms with E-state index in [1.54, 1.807) is 18.6 Å². The maximum absolute atomic E-state index is 12.2. The number of imidazole rings is 1. The average Bonchev–Trinajstić information content (AvgIpc) is 3.06. The van der Waals surface area contributed by atoms with E-state index < -0.39 is 10.0 Å². The number of aromatic nitrogens is 2. The summed E-state index contributed by atoms with van der Waals surface area (Å²) in [5, 5.41) is 3.04. The van der Waals surface area contributed by atoms with Gasteiger partial charge in [0.15, 0.2) is 0 Å². The number of thiophene rings is 1. The standard InChI is InChI=1S/C13H20N4O2S2/c1-11-8-13(20-12(11)9-14-2)21(18,19)16-4-3-6-17-7-5-15-10-17/h5,7-8,10,14,16H,3-4,6,9H2,1-2H3. The van der Waals surface area contributed by atoms with Crippen LogP contribution in [0.5, 0.6) is 0 Å². The van der Waals surface area contributed by atoms with E-state index in [-0.39, 0.29) is 0 Å². The molecular weight excluding hydrogens is 308 g/mol. The number of aryl methyl sites for hydroxylation is 2. The first-order valence-electron chi connectivity index (χ1n) is 6.72. The van der Waals surface area contributed by atoms with Gasteiger partial charge >= 0.3 is 0 Å². The van der Waals surface area contributed by atoms with Gasteiger partial charge < -0.3 is 9.88 Å². The van der Waals surface area contributed by atoms with E-state index in [0.29, 0.717) is 17.3 Å². The van der Waals surface area contributed by atoms with Crippen molar-refractivity contribution in [3.63, 3.8) is 0 Å². The predicted molar refractivity (Wildman–Crippen MR) is 83.9 cm³/mol. The summed E-state index contributed by atoms with van der Waals surface area (Å²) in [4.78, 5) is 5.00. The van der Waals surface area contributed by atoms with Crippen LogP contribution >= 0.6 is 11.3 Å². The fraction of sp³-hybridized carbons (Fsp3) is 0.462. The van der Waals surface area contributed by atoms with E-state index in [4.69, 9.17) is 0 Å².